The topological polar surface area (TPSA) is 53.8 Å². The fraction of sp³-hybridized carbons (Fsp3) is 0. The van der Waals surface area contributed by atoms with Gasteiger partial charge in [0.2, 0.25) is 0 Å². The summed E-state index contributed by atoms with van der Waals surface area (Å²) in [4.78, 5) is 14.8. The zero-order chi connectivity index (χ0) is 9.14. The van der Waals surface area contributed by atoms with Gasteiger partial charge >= 0.3 is 0 Å². The van der Waals surface area contributed by atoms with Gasteiger partial charge in [-0.25, -0.2) is 4.98 Å². The molecule has 0 bridgehead atoms. The number of nitriles is 1. The normalized spacial score (nSPS) is 9.08. The molecule has 0 saturated carbocycles. The van der Waals surface area contributed by atoms with E-state index in [-0.39, 0.29) is 11.3 Å². The average Bonchev–Trinajstić information content (AvgIpc) is 2.05. The van der Waals surface area contributed by atoms with E-state index in [2.05, 4.69) is 17.6 Å². The first-order chi connectivity index (χ1) is 5.65. The van der Waals surface area contributed by atoms with Gasteiger partial charge in [-0.05, 0) is 17.7 Å². The van der Waals surface area contributed by atoms with Crippen LogP contribution in [0.4, 0.5) is 0 Å². The number of halogens is 1. The Kier molecular flexibility index (Phi) is 2.69. The molecule has 0 aliphatic heterocycles. The molecule has 0 aliphatic carbocycles. The summed E-state index contributed by atoms with van der Waals surface area (Å²) in [5, 5.41) is 7.80. The molecule has 0 aliphatic rings. The molecule has 1 aromatic rings. The van der Waals surface area contributed by atoms with E-state index in [9.17, 15) is 4.79 Å². The Balaban J connectivity index is 3.28. The van der Waals surface area contributed by atoms with E-state index in [4.69, 9.17) is 16.9 Å². The maximum Gasteiger partial charge on any atom is 0.253 e. The summed E-state index contributed by atoms with van der Waals surface area (Å²) in [6, 6.07) is 3.10. The molecule has 12 heavy (non-hydrogen) atoms. The van der Waals surface area contributed by atoms with Crippen LogP contribution < -0.4 is 0 Å². The molecule has 0 N–H and O–H groups in total. The maximum atomic E-state index is 10.7. The minimum atomic E-state index is -0.640. The predicted octanol–water partition coefficient (Wildman–Crippen LogP) is 1.62. The van der Waals surface area contributed by atoms with Crippen LogP contribution in [0, 0.1) is 11.3 Å². The number of hydrogen-bond donors (Lipinski definition) is 1. The molecule has 0 fully saturated rings. The summed E-state index contributed by atoms with van der Waals surface area (Å²) in [5.41, 5.74) is 0.350. The first-order valence-corrected chi connectivity index (χ1v) is 3.76. The molecule has 5 heteroatoms. The second-order valence-electron chi connectivity index (χ2n) is 1.97. The Labute approximate surface area is 79.4 Å². The zero-order valence-electron chi connectivity index (χ0n) is 5.78. The smallest absolute Gasteiger partial charge is 0.253 e. The Morgan fingerprint density at radius 2 is 2.42 bits per heavy atom. The van der Waals surface area contributed by atoms with Gasteiger partial charge in [-0.15, -0.1) is 12.6 Å². The number of carbonyl (C=O) groups excluding carboxylic acids is 1. The van der Waals surface area contributed by atoms with Crippen molar-refractivity contribution in [2.24, 2.45) is 0 Å². The van der Waals surface area contributed by atoms with Gasteiger partial charge < -0.3 is 0 Å². The minimum Gasteiger partial charge on any atom is -0.276 e. The fourth-order valence-electron chi connectivity index (χ4n) is 0.667. The number of pyridine rings is 1. The third-order valence-corrected chi connectivity index (χ3v) is 1.77. The summed E-state index contributed by atoms with van der Waals surface area (Å²) >= 11 is 9.16. The molecular formula is C7H3ClN2OS. The maximum absolute atomic E-state index is 10.7. The van der Waals surface area contributed by atoms with Crippen molar-refractivity contribution >= 4 is 29.5 Å². The van der Waals surface area contributed by atoms with Crippen molar-refractivity contribution in [1.29, 1.82) is 5.26 Å². The van der Waals surface area contributed by atoms with Crippen LogP contribution in [0.5, 0.6) is 0 Å². The van der Waals surface area contributed by atoms with Crippen molar-refractivity contribution in [3.63, 3.8) is 0 Å². The van der Waals surface area contributed by atoms with Gasteiger partial charge in [0.15, 0.2) is 0 Å². The lowest BCUT2D eigenvalue weighted by Gasteiger charge is -1.97. The lowest BCUT2D eigenvalue weighted by atomic mass is 10.2. The number of hydrogen-bond acceptors (Lipinski definition) is 4. The molecule has 0 unspecified atom stereocenters. The van der Waals surface area contributed by atoms with Gasteiger partial charge in [0, 0.05) is 11.1 Å². The monoisotopic (exact) mass is 198 g/mol. The zero-order valence-corrected chi connectivity index (χ0v) is 7.43. The molecule has 0 aromatic carbocycles. The quantitative estimate of drug-likeness (QED) is 0.551. The van der Waals surface area contributed by atoms with Gasteiger partial charge in [-0.3, -0.25) is 4.79 Å². The van der Waals surface area contributed by atoms with Crippen LogP contribution in [-0.4, -0.2) is 10.2 Å². The lowest BCUT2D eigenvalue weighted by Crippen LogP contribution is -1.94. The van der Waals surface area contributed by atoms with Crippen molar-refractivity contribution < 1.29 is 4.79 Å². The fourth-order valence-corrected chi connectivity index (χ4v) is 1.11. The van der Waals surface area contributed by atoms with Crippen LogP contribution >= 0.6 is 24.2 Å². The van der Waals surface area contributed by atoms with E-state index in [1.165, 1.54) is 12.3 Å². The van der Waals surface area contributed by atoms with Gasteiger partial charge in [0.1, 0.15) is 11.8 Å². The van der Waals surface area contributed by atoms with Crippen molar-refractivity contribution in [3.8, 4) is 6.07 Å². The first-order valence-electron chi connectivity index (χ1n) is 2.94. The van der Waals surface area contributed by atoms with E-state index in [1.807, 2.05) is 0 Å². The van der Waals surface area contributed by atoms with Crippen molar-refractivity contribution in [2.75, 3.05) is 0 Å². The minimum absolute atomic E-state index is 0.150. The largest absolute Gasteiger partial charge is 0.276 e. The summed E-state index contributed by atoms with van der Waals surface area (Å²) < 4.78 is 0. The van der Waals surface area contributed by atoms with Gasteiger partial charge in [-0.2, -0.15) is 5.26 Å². The van der Waals surface area contributed by atoms with Crippen LogP contribution in [0.1, 0.15) is 16.1 Å². The Hall–Kier alpha value is -1.05. The van der Waals surface area contributed by atoms with Gasteiger partial charge in [0.05, 0.1) is 5.56 Å². The van der Waals surface area contributed by atoms with Crippen molar-refractivity contribution in [1.82, 2.24) is 4.98 Å². The second kappa shape index (κ2) is 3.57. The molecule has 0 amide bonds. The van der Waals surface area contributed by atoms with Gasteiger partial charge in [0.25, 0.3) is 5.24 Å². The molecule has 1 rings (SSSR count). The van der Waals surface area contributed by atoms with E-state index in [0.717, 1.165) is 0 Å². The van der Waals surface area contributed by atoms with Crippen molar-refractivity contribution in [3.05, 3.63) is 23.5 Å². The van der Waals surface area contributed by atoms with E-state index >= 15 is 0 Å². The standard InChI is InChI=1S/C7H3ClN2OS/c8-7(11)5-1-4(2-9)10-3-6(5)12/h1,3,12H. The number of rotatable bonds is 1. The molecule has 3 nitrogen and oxygen atoms in total. The third-order valence-electron chi connectivity index (χ3n) is 1.21. The molecular weight excluding hydrogens is 196 g/mol. The van der Waals surface area contributed by atoms with Gasteiger partial charge in [-0.1, -0.05) is 0 Å². The highest BCUT2D eigenvalue weighted by Gasteiger charge is 2.07. The molecule has 1 heterocycles. The molecule has 0 radical (unpaired) electrons. The second-order valence-corrected chi connectivity index (χ2v) is 2.80. The number of nitrogens with zero attached hydrogens (tertiary/aromatic N) is 2. The van der Waals surface area contributed by atoms with Crippen LogP contribution in [0.3, 0.4) is 0 Å². The van der Waals surface area contributed by atoms with Crippen LogP contribution in [0.15, 0.2) is 17.2 Å². The number of aromatic nitrogens is 1. The summed E-state index contributed by atoms with van der Waals surface area (Å²) in [6.45, 7) is 0. The molecule has 0 atom stereocenters. The van der Waals surface area contributed by atoms with Crippen LogP contribution in [0.2, 0.25) is 0 Å². The Morgan fingerprint density at radius 1 is 1.75 bits per heavy atom. The van der Waals surface area contributed by atoms with E-state index in [1.54, 1.807) is 6.07 Å². The molecule has 60 valence electrons. The highest BCUT2D eigenvalue weighted by atomic mass is 35.5. The Morgan fingerprint density at radius 3 is 2.92 bits per heavy atom. The highest BCUT2D eigenvalue weighted by Crippen LogP contribution is 2.15. The molecule has 0 spiro atoms. The lowest BCUT2D eigenvalue weighted by molar-refractivity contribution is 0.107. The molecule has 1 aromatic heterocycles. The predicted molar refractivity (Wildman–Crippen MR) is 46.4 cm³/mol. The van der Waals surface area contributed by atoms with Crippen molar-refractivity contribution in [2.45, 2.75) is 4.90 Å². The van der Waals surface area contributed by atoms with E-state index < -0.39 is 5.24 Å². The average molecular weight is 199 g/mol. The van der Waals surface area contributed by atoms with Crippen LogP contribution in [-0.2, 0) is 0 Å². The summed E-state index contributed by atoms with van der Waals surface area (Å²) in [5.74, 6) is 0. The highest BCUT2D eigenvalue weighted by molar-refractivity contribution is 7.80. The van der Waals surface area contributed by atoms with E-state index in [0.29, 0.717) is 4.90 Å². The SMILES string of the molecule is N#Cc1cc(C(=O)Cl)c(S)cn1. The summed E-state index contributed by atoms with van der Waals surface area (Å²) in [6.07, 6.45) is 1.32. The third kappa shape index (κ3) is 1.76. The summed E-state index contributed by atoms with van der Waals surface area (Å²) in [7, 11) is 0. The number of thiol groups is 1. The Bertz CT molecular complexity index is 372. The molecule has 0 saturated heterocycles. The van der Waals surface area contributed by atoms with Crippen LogP contribution in [0.25, 0.3) is 0 Å². The number of carbonyl (C=O) groups is 1. The first kappa shape index (κ1) is 9.04.